The van der Waals surface area contributed by atoms with E-state index in [-0.39, 0.29) is 18.1 Å². The number of aryl methyl sites for hydroxylation is 1. The number of hydrogen-bond donors (Lipinski definition) is 1. The lowest BCUT2D eigenvalue weighted by Crippen LogP contribution is -2.52. The van der Waals surface area contributed by atoms with Crippen molar-refractivity contribution in [1.29, 1.82) is 0 Å². The predicted molar refractivity (Wildman–Crippen MR) is 153 cm³/mol. The average Bonchev–Trinajstić information content (AvgIpc) is 3.03. The minimum Gasteiger partial charge on any atom is -0.494 e. The molecule has 1 unspecified atom stereocenters. The number of fused-ring (bicyclic) bond motifs is 1. The van der Waals surface area contributed by atoms with Gasteiger partial charge in [-0.3, -0.25) is 4.90 Å². The average molecular weight is 512 g/mol. The van der Waals surface area contributed by atoms with Crippen LogP contribution in [0.4, 0.5) is 4.79 Å². The van der Waals surface area contributed by atoms with E-state index < -0.39 is 0 Å². The van der Waals surface area contributed by atoms with E-state index in [1.165, 1.54) is 22.3 Å². The fraction of sp³-hybridized carbons (Fsp3) is 0.424. The quantitative estimate of drug-likeness (QED) is 0.348. The highest BCUT2D eigenvalue weighted by atomic mass is 16.5. The maximum absolute atomic E-state index is 13.7. The molecule has 2 heterocycles. The fourth-order valence-corrected chi connectivity index (χ4v) is 5.85. The van der Waals surface area contributed by atoms with Crippen molar-refractivity contribution < 1.29 is 9.53 Å². The topological polar surface area (TPSA) is 44.8 Å². The number of hydrogen-bond acceptors (Lipinski definition) is 3. The SMILES string of the molecule is CCCCOc1ccc(CN2CCC(N3C(=O)NCCCc4ccccc4C3c3ccccc3)CC2)cc1. The molecule has 0 saturated carbocycles. The smallest absolute Gasteiger partial charge is 0.318 e. The summed E-state index contributed by atoms with van der Waals surface area (Å²) in [5.41, 5.74) is 5.10. The van der Waals surface area contributed by atoms with Gasteiger partial charge in [0.05, 0.1) is 12.6 Å². The number of nitrogens with zero attached hydrogens (tertiary/aromatic N) is 2. The van der Waals surface area contributed by atoms with Crippen LogP contribution in [0.5, 0.6) is 5.75 Å². The molecule has 0 radical (unpaired) electrons. The highest BCUT2D eigenvalue weighted by Gasteiger charge is 2.36. The molecule has 1 fully saturated rings. The number of benzene rings is 3. The Hall–Kier alpha value is -3.31. The Morgan fingerprint density at radius 2 is 1.66 bits per heavy atom. The Morgan fingerprint density at radius 3 is 2.42 bits per heavy atom. The van der Waals surface area contributed by atoms with Crippen molar-refractivity contribution in [3.8, 4) is 5.75 Å². The van der Waals surface area contributed by atoms with Gasteiger partial charge >= 0.3 is 6.03 Å². The summed E-state index contributed by atoms with van der Waals surface area (Å²) in [5.74, 6) is 0.951. The van der Waals surface area contributed by atoms with E-state index in [4.69, 9.17) is 4.74 Å². The second-order valence-electron chi connectivity index (χ2n) is 10.6. The van der Waals surface area contributed by atoms with Gasteiger partial charge in [-0.05, 0) is 66.5 Å². The molecule has 5 heteroatoms. The van der Waals surface area contributed by atoms with Crippen LogP contribution >= 0.6 is 0 Å². The standard InChI is InChI=1S/C33H41N3O2/c1-2-3-24-38-30-17-15-26(16-18-30)25-35-22-19-29(20-23-35)36-32(28-11-5-4-6-12-28)31-14-8-7-10-27(31)13-9-21-34-33(36)37/h4-8,10-12,14-18,29,32H,2-3,9,13,19-25H2,1H3,(H,34,37). The van der Waals surface area contributed by atoms with Crippen LogP contribution in [0, 0.1) is 0 Å². The van der Waals surface area contributed by atoms with Gasteiger partial charge in [-0.25, -0.2) is 4.79 Å². The van der Waals surface area contributed by atoms with Crippen molar-refractivity contribution in [2.75, 3.05) is 26.2 Å². The maximum atomic E-state index is 13.7. The second-order valence-corrected chi connectivity index (χ2v) is 10.6. The number of carbonyl (C=O) groups is 1. The van der Waals surface area contributed by atoms with Gasteiger partial charge in [-0.1, -0.05) is 80.1 Å². The molecule has 5 nitrogen and oxygen atoms in total. The van der Waals surface area contributed by atoms with Gasteiger partial charge in [-0.2, -0.15) is 0 Å². The van der Waals surface area contributed by atoms with Crippen LogP contribution < -0.4 is 10.1 Å². The number of urea groups is 1. The lowest BCUT2D eigenvalue weighted by molar-refractivity contribution is 0.101. The Morgan fingerprint density at radius 1 is 0.921 bits per heavy atom. The van der Waals surface area contributed by atoms with E-state index in [0.717, 1.165) is 70.5 Å². The van der Waals surface area contributed by atoms with Crippen LogP contribution in [0.15, 0.2) is 78.9 Å². The first kappa shape index (κ1) is 26.3. The van der Waals surface area contributed by atoms with Crippen molar-refractivity contribution in [3.63, 3.8) is 0 Å². The van der Waals surface area contributed by atoms with E-state index >= 15 is 0 Å². The zero-order valence-electron chi connectivity index (χ0n) is 22.6. The molecule has 1 atom stereocenters. The molecule has 3 aromatic rings. The predicted octanol–water partition coefficient (Wildman–Crippen LogP) is 6.58. The van der Waals surface area contributed by atoms with E-state index in [1.807, 2.05) is 0 Å². The molecular formula is C33H41N3O2. The molecule has 2 aliphatic rings. The van der Waals surface area contributed by atoms with Crippen LogP contribution in [0.1, 0.15) is 67.3 Å². The van der Waals surface area contributed by atoms with Gasteiger partial charge < -0.3 is 15.0 Å². The normalized spacial score (nSPS) is 19.1. The van der Waals surface area contributed by atoms with Crippen LogP contribution in [0.2, 0.25) is 0 Å². The van der Waals surface area contributed by atoms with Gasteiger partial charge in [-0.15, -0.1) is 0 Å². The van der Waals surface area contributed by atoms with Gasteiger partial charge in [0.25, 0.3) is 0 Å². The zero-order chi connectivity index (χ0) is 26.2. The molecule has 1 saturated heterocycles. The number of amides is 2. The number of nitrogens with one attached hydrogen (secondary N) is 1. The summed E-state index contributed by atoms with van der Waals surface area (Å²) in [7, 11) is 0. The summed E-state index contributed by atoms with van der Waals surface area (Å²) in [4.78, 5) is 18.4. The van der Waals surface area contributed by atoms with Crippen LogP contribution in [-0.2, 0) is 13.0 Å². The van der Waals surface area contributed by atoms with E-state index in [0.29, 0.717) is 6.54 Å². The van der Waals surface area contributed by atoms with Gasteiger partial charge in [0.15, 0.2) is 0 Å². The number of piperidine rings is 1. The molecule has 0 aromatic heterocycles. The van der Waals surface area contributed by atoms with E-state index in [2.05, 4.69) is 101 Å². The van der Waals surface area contributed by atoms with Gasteiger partial charge in [0.1, 0.15) is 5.75 Å². The highest BCUT2D eigenvalue weighted by Crippen LogP contribution is 2.36. The minimum absolute atomic E-state index is 0.0627. The molecule has 38 heavy (non-hydrogen) atoms. The molecular weight excluding hydrogens is 470 g/mol. The number of carbonyl (C=O) groups excluding carboxylic acids is 1. The Labute approximate surface area is 227 Å². The second kappa shape index (κ2) is 13.0. The summed E-state index contributed by atoms with van der Waals surface area (Å²) in [5, 5.41) is 3.24. The summed E-state index contributed by atoms with van der Waals surface area (Å²) in [6, 6.07) is 28.0. The molecule has 3 aromatic carbocycles. The van der Waals surface area contributed by atoms with Gasteiger partial charge in [0, 0.05) is 32.2 Å². The van der Waals surface area contributed by atoms with Crippen molar-refractivity contribution in [2.24, 2.45) is 0 Å². The van der Waals surface area contributed by atoms with E-state index in [1.54, 1.807) is 0 Å². The molecule has 0 aliphatic carbocycles. The Bertz CT molecular complexity index is 1160. The number of unbranched alkanes of at least 4 members (excludes halogenated alkanes) is 1. The Balaban J connectivity index is 1.31. The lowest BCUT2D eigenvalue weighted by Gasteiger charge is -2.43. The first-order valence-corrected chi connectivity index (χ1v) is 14.4. The zero-order valence-corrected chi connectivity index (χ0v) is 22.6. The Kier molecular flexibility index (Phi) is 8.98. The molecule has 0 spiro atoms. The monoisotopic (exact) mass is 511 g/mol. The third-order valence-electron chi connectivity index (χ3n) is 7.92. The van der Waals surface area contributed by atoms with Crippen molar-refractivity contribution in [3.05, 3.63) is 101 Å². The third-order valence-corrected chi connectivity index (χ3v) is 7.92. The molecule has 1 N–H and O–H groups in total. The number of ether oxygens (including phenoxy) is 1. The summed E-state index contributed by atoms with van der Waals surface area (Å²) in [6.07, 6.45) is 6.11. The van der Waals surface area contributed by atoms with Crippen molar-refractivity contribution >= 4 is 6.03 Å². The summed E-state index contributed by atoms with van der Waals surface area (Å²) < 4.78 is 5.83. The molecule has 0 bridgehead atoms. The largest absolute Gasteiger partial charge is 0.494 e. The van der Waals surface area contributed by atoms with E-state index in [9.17, 15) is 4.79 Å². The third kappa shape index (κ3) is 6.39. The summed E-state index contributed by atoms with van der Waals surface area (Å²) in [6.45, 7) is 6.56. The minimum atomic E-state index is -0.0812. The van der Waals surface area contributed by atoms with Gasteiger partial charge in [0.2, 0.25) is 0 Å². The lowest BCUT2D eigenvalue weighted by atomic mass is 9.89. The fourth-order valence-electron chi connectivity index (χ4n) is 5.85. The first-order chi connectivity index (χ1) is 18.7. The van der Waals surface area contributed by atoms with Crippen molar-refractivity contribution in [1.82, 2.24) is 15.1 Å². The van der Waals surface area contributed by atoms with Crippen LogP contribution in [0.25, 0.3) is 0 Å². The summed E-state index contributed by atoms with van der Waals surface area (Å²) >= 11 is 0. The highest BCUT2D eigenvalue weighted by molar-refractivity contribution is 5.76. The molecule has 200 valence electrons. The maximum Gasteiger partial charge on any atom is 0.318 e. The number of likely N-dealkylation sites (tertiary alicyclic amines) is 1. The molecule has 2 aliphatic heterocycles. The van der Waals surface area contributed by atoms with Crippen LogP contribution in [-0.4, -0.2) is 48.1 Å². The van der Waals surface area contributed by atoms with Crippen LogP contribution in [0.3, 0.4) is 0 Å². The molecule has 2 amide bonds. The number of rotatable bonds is 8. The first-order valence-electron chi connectivity index (χ1n) is 14.4. The van der Waals surface area contributed by atoms with Crippen molar-refractivity contribution in [2.45, 2.75) is 64.1 Å². The molecule has 5 rings (SSSR count).